The zero-order valence-corrected chi connectivity index (χ0v) is 20.8. The minimum Gasteiger partial charge on any atom is -0.507 e. The minimum atomic E-state index is -0.365. The van der Waals surface area contributed by atoms with Crippen molar-refractivity contribution >= 4 is 5.91 Å². The zero-order chi connectivity index (χ0) is 25.7. The standard InChI is InChI=1S/C29H31N3O4/c1-4-30-29(35)27-26(21-14-12-19(13-15-21)18-32(5-2)6-3)28(36-31-27)23-16-22(24(33)17-25(23)34)20-10-8-7-9-11-20/h7-17,33-34H,4-6,18H2,1-3H3,(H,30,35). The number of amides is 1. The van der Waals surface area contributed by atoms with Crippen LogP contribution in [0.3, 0.4) is 0 Å². The molecule has 0 aliphatic rings. The lowest BCUT2D eigenvalue weighted by molar-refractivity contribution is 0.0947. The van der Waals surface area contributed by atoms with Crippen LogP contribution >= 0.6 is 0 Å². The van der Waals surface area contributed by atoms with Gasteiger partial charge >= 0.3 is 0 Å². The molecule has 186 valence electrons. The van der Waals surface area contributed by atoms with Crippen molar-refractivity contribution in [2.24, 2.45) is 0 Å². The molecule has 4 rings (SSSR count). The first-order valence-corrected chi connectivity index (χ1v) is 12.2. The lowest BCUT2D eigenvalue weighted by atomic mass is 9.95. The predicted octanol–water partition coefficient (Wildman–Crippen LogP) is 5.68. The number of carbonyl (C=O) groups excluding carboxylic acids is 1. The molecule has 7 nitrogen and oxygen atoms in total. The van der Waals surface area contributed by atoms with Crippen LogP contribution < -0.4 is 5.32 Å². The molecule has 0 saturated heterocycles. The van der Waals surface area contributed by atoms with Gasteiger partial charge in [0.15, 0.2) is 11.5 Å². The molecule has 0 fully saturated rings. The Morgan fingerprint density at radius 3 is 2.19 bits per heavy atom. The third-order valence-corrected chi connectivity index (χ3v) is 6.23. The molecule has 1 heterocycles. The highest BCUT2D eigenvalue weighted by Crippen LogP contribution is 2.44. The van der Waals surface area contributed by atoms with Crippen LogP contribution in [-0.2, 0) is 6.54 Å². The Bertz CT molecular complexity index is 1330. The molecule has 0 bridgehead atoms. The fourth-order valence-electron chi connectivity index (χ4n) is 4.23. The summed E-state index contributed by atoms with van der Waals surface area (Å²) in [6.45, 7) is 9.27. The lowest BCUT2D eigenvalue weighted by Gasteiger charge is -2.18. The van der Waals surface area contributed by atoms with E-state index in [-0.39, 0.29) is 28.9 Å². The summed E-state index contributed by atoms with van der Waals surface area (Å²) in [5, 5.41) is 28.2. The van der Waals surface area contributed by atoms with Crippen LogP contribution in [-0.4, -0.2) is 45.8 Å². The molecule has 1 aromatic heterocycles. The molecule has 0 aliphatic heterocycles. The van der Waals surface area contributed by atoms with Crippen LogP contribution in [0, 0.1) is 0 Å². The van der Waals surface area contributed by atoms with Crippen LogP contribution in [0.5, 0.6) is 11.5 Å². The first-order chi connectivity index (χ1) is 17.5. The van der Waals surface area contributed by atoms with E-state index in [0.717, 1.165) is 36.3 Å². The van der Waals surface area contributed by atoms with E-state index in [4.69, 9.17) is 4.52 Å². The largest absolute Gasteiger partial charge is 0.507 e. The molecule has 0 spiro atoms. The van der Waals surface area contributed by atoms with Crippen LogP contribution in [0.25, 0.3) is 33.6 Å². The van der Waals surface area contributed by atoms with Gasteiger partial charge in [-0.25, -0.2) is 0 Å². The Hall–Kier alpha value is -4.10. The van der Waals surface area contributed by atoms with Gasteiger partial charge in [0.1, 0.15) is 11.5 Å². The van der Waals surface area contributed by atoms with Crippen LogP contribution in [0.2, 0.25) is 0 Å². The van der Waals surface area contributed by atoms with Gasteiger partial charge in [-0.15, -0.1) is 0 Å². The summed E-state index contributed by atoms with van der Waals surface area (Å²) in [6.07, 6.45) is 0. The molecular formula is C29H31N3O4. The molecule has 3 aromatic carbocycles. The van der Waals surface area contributed by atoms with E-state index in [2.05, 4.69) is 29.2 Å². The first kappa shape index (κ1) is 25.0. The minimum absolute atomic E-state index is 0.0618. The summed E-state index contributed by atoms with van der Waals surface area (Å²) in [5.74, 6) is -0.350. The van der Waals surface area contributed by atoms with Gasteiger partial charge in [0.05, 0.1) is 11.1 Å². The number of nitrogens with one attached hydrogen (secondary N) is 1. The first-order valence-electron chi connectivity index (χ1n) is 12.2. The number of rotatable bonds is 9. The molecular weight excluding hydrogens is 454 g/mol. The molecule has 0 unspecified atom stereocenters. The van der Waals surface area contributed by atoms with E-state index in [1.165, 1.54) is 6.07 Å². The summed E-state index contributed by atoms with van der Waals surface area (Å²) in [7, 11) is 0. The molecule has 0 atom stereocenters. The number of aromatic nitrogens is 1. The Morgan fingerprint density at radius 1 is 0.889 bits per heavy atom. The topological polar surface area (TPSA) is 98.8 Å². The zero-order valence-electron chi connectivity index (χ0n) is 20.8. The second kappa shape index (κ2) is 11.1. The summed E-state index contributed by atoms with van der Waals surface area (Å²) in [5.41, 5.74) is 4.15. The number of nitrogens with zero attached hydrogens (tertiary/aromatic N) is 2. The maximum Gasteiger partial charge on any atom is 0.274 e. The number of hydrogen-bond acceptors (Lipinski definition) is 6. The van der Waals surface area contributed by atoms with Gasteiger partial charge in [-0.1, -0.05) is 73.6 Å². The Morgan fingerprint density at radius 2 is 1.56 bits per heavy atom. The van der Waals surface area contributed by atoms with E-state index in [1.54, 1.807) is 6.07 Å². The molecule has 0 saturated carbocycles. The van der Waals surface area contributed by atoms with Crippen molar-refractivity contribution in [3.8, 4) is 45.1 Å². The lowest BCUT2D eigenvalue weighted by Crippen LogP contribution is -2.23. The summed E-state index contributed by atoms with van der Waals surface area (Å²) >= 11 is 0. The van der Waals surface area contributed by atoms with E-state index in [0.29, 0.717) is 23.2 Å². The van der Waals surface area contributed by atoms with Gasteiger partial charge in [0.25, 0.3) is 5.91 Å². The number of phenolic OH excluding ortho intramolecular Hbond substituents is 2. The summed E-state index contributed by atoms with van der Waals surface area (Å²) in [6, 6.07) is 20.2. The Balaban J connectivity index is 1.84. The fourth-order valence-corrected chi connectivity index (χ4v) is 4.23. The van der Waals surface area contributed by atoms with Crippen LogP contribution in [0.15, 0.2) is 71.3 Å². The highest BCUT2D eigenvalue weighted by atomic mass is 16.5. The fraction of sp³-hybridized carbons (Fsp3) is 0.241. The van der Waals surface area contributed by atoms with E-state index in [9.17, 15) is 15.0 Å². The number of aromatic hydroxyl groups is 2. The normalized spacial score (nSPS) is 11.1. The van der Waals surface area contributed by atoms with E-state index in [1.807, 2.05) is 61.5 Å². The molecule has 0 aliphatic carbocycles. The van der Waals surface area contributed by atoms with Crippen molar-refractivity contribution < 1.29 is 19.5 Å². The van der Waals surface area contributed by atoms with Crippen molar-refractivity contribution in [3.63, 3.8) is 0 Å². The van der Waals surface area contributed by atoms with Crippen LogP contribution in [0.1, 0.15) is 36.8 Å². The van der Waals surface area contributed by atoms with Gasteiger partial charge in [-0.2, -0.15) is 0 Å². The third kappa shape index (κ3) is 5.11. The average Bonchev–Trinajstić information content (AvgIpc) is 3.33. The van der Waals surface area contributed by atoms with E-state index < -0.39 is 0 Å². The molecule has 0 radical (unpaired) electrons. The average molecular weight is 486 g/mol. The van der Waals surface area contributed by atoms with Crippen molar-refractivity contribution in [1.29, 1.82) is 0 Å². The smallest absolute Gasteiger partial charge is 0.274 e. The Kier molecular flexibility index (Phi) is 7.71. The number of phenols is 2. The van der Waals surface area contributed by atoms with Gasteiger partial charge in [-0.05, 0) is 42.8 Å². The van der Waals surface area contributed by atoms with Crippen molar-refractivity contribution in [3.05, 3.63) is 78.0 Å². The van der Waals surface area contributed by atoms with Crippen molar-refractivity contribution in [2.75, 3.05) is 19.6 Å². The SMILES string of the molecule is CCNC(=O)c1noc(-c2cc(-c3ccccc3)c(O)cc2O)c1-c1ccc(CN(CC)CC)cc1. The maximum absolute atomic E-state index is 12.9. The monoisotopic (exact) mass is 485 g/mol. The number of carbonyl (C=O) groups is 1. The molecule has 3 N–H and O–H groups in total. The van der Waals surface area contributed by atoms with Gasteiger partial charge < -0.3 is 20.1 Å². The van der Waals surface area contributed by atoms with E-state index >= 15 is 0 Å². The molecule has 36 heavy (non-hydrogen) atoms. The second-order valence-corrected chi connectivity index (χ2v) is 8.51. The predicted molar refractivity (Wildman–Crippen MR) is 141 cm³/mol. The molecule has 7 heteroatoms. The number of hydrogen-bond donors (Lipinski definition) is 3. The van der Waals surface area contributed by atoms with Gasteiger partial charge in [0.2, 0.25) is 0 Å². The van der Waals surface area contributed by atoms with Crippen LogP contribution in [0.4, 0.5) is 0 Å². The highest BCUT2D eigenvalue weighted by molar-refractivity contribution is 6.03. The maximum atomic E-state index is 12.9. The molecule has 1 amide bonds. The van der Waals surface area contributed by atoms with Gasteiger partial charge in [-0.3, -0.25) is 9.69 Å². The van der Waals surface area contributed by atoms with Crippen molar-refractivity contribution in [1.82, 2.24) is 15.4 Å². The summed E-state index contributed by atoms with van der Waals surface area (Å²) in [4.78, 5) is 15.2. The highest BCUT2D eigenvalue weighted by Gasteiger charge is 2.27. The number of benzene rings is 3. The third-order valence-electron chi connectivity index (χ3n) is 6.23. The van der Waals surface area contributed by atoms with Gasteiger partial charge in [0, 0.05) is 24.7 Å². The summed E-state index contributed by atoms with van der Waals surface area (Å²) < 4.78 is 5.68. The Labute approximate surface area is 211 Å². The molecule has 4 aromatic rings. The van der Waals surface area contributed by atoms with Crippen molar-refractivity contribution in [2.45, 2.75) is 27.3 Å². The second-order valence-electron chi connectivity index (χ2n) is 8.51. The quantitative estimate of drug-likeness (QED) is 0.282.